The van der Waals surface area contributed by atoms with Crippen LogP contribution in [-0.2, 0) is 11.2 Å². The molecule has 9 heteroatoms. The summed E-state index contributed by atoms with van der Waals surface area (Å²) in [4.78, 5) is 43.6. The molecule has 0 aliphatic carbocycles. The van der Waals surface area contributed by atoms with Crippen LogP contribution in [0.4, 0.5) is 0 Å². The summed E-state index contributed by atoms with van der Waals surface area (Å²) in [6.45, 7) is 0.234. The molecule has 194 valence electrons. The normalized spacial score (nSPS) is 11.6. The van der Waals surface area contributed by atoms with E-state index in [9.17, 15) is 19.5 Å². The summed E-state index contributed by atoms with van der Waals surface area (Å²) in [7, 11) is 0. The Hall–Kier alpha value is -4.92. The summed E-state index contributed by atoms with van der Waals surface area (Å²) in [6.07, 6.45) is 0.906. The number of fused-ring (bicyclic) bond motifs is 1. The molecule has 1 aromatic heterocycles. The summed E-state index contributed by atoms with van der Waals surface area (Å²) < 4.78 is 0. The number of hydrogen-bond donors (Lipinski definition) is 5. The largest absolute Gasteiger partial charge is 0.480 e. The van der Waals surface area contributed by atoms with Crippen LogP contribution in [0.1, 0.15) is 34.5 Å². The lowest BCUT2D eigenvalue weighted by Gasteiger charge is -2.14. The predicted molar refractivity (Wildman–Crippen MR) is 148 cm³/mol. The van der Waals surface area contributed by atoms with Gasteiger partial charge in [-0.2, -0.15) is 0 Å². The maximum Gasteiger partial charge on any atom is 0.326 e. The molecule has 4 rings (SSSR count). The zero-order chi connectivity index (χ0) is 27.1. The number of carbonyl (C=O) groups excluding carboxylic acids is 1. The van der Waals surface area contributed by atoms with Crippen molar-refractivity contribution >= 4 is 28.6 Å². The van der Waals surface area contributed by atoms with Gasteiger partial charge in [0.1, 0.15) is 11.6 Å². The Kier molecular flexibility index (Phi) is 8.17. The third-order valence-corrected chi connectivity index (χ3v) is 6.22. The van der Waals surface area contributed by atoms with E-state index in [2.05, 4.69) is 45.6 Å². The molecule has 0 saturated heterocycles. The van der Waals surface area contributed by atoms with E-state index in [0.29, 0.717) is 18.5 Å². The van der Waals surface area contributed by atoms with Crippen LogP contribution in [0.5, 0.6) is 0 Å². The van der Waals surface area contributed by atoms with Gasteiger partial charge in [0, 0.05) is 18.7 Å². The summed E-state index contributed by atoms with van der Waals surface area (Å²) in [5.74, 6) is -2.06. The van der Waals surface area contributed by atoms with Crippen molar-refractivity contribution < 1.29 is 14.7 Å². The number of carbonyl (C=O) groups is 2. The Balaban J connectivity index is 1.50. The summed E-state index contributed by atoms with van der Waals surface area (Å²) >= 11 is 0. The number of carboxylic acid groups (broad SMARTS) is 1. The second kappa shape index (κ2) is 11.9. The van der Waals surface area contributed by atoms with Gasteiger partial charge in [-0.1, -0.05) is 60.7 Å². The van der Waals surface area contributed by atoms with Crippen molar-refractivity contribution in [3.8, 4) is 11.1 Å². The maximum absolute atomic E-state index is 12.8. The number of nitrogens with zero attached hydrogens (tertiary/aromatic N) is 1. The van der Waals surface area contributed by atoms with E-state index in [0.717, 1.165) is 27.5 Å². The highest BCUT2D eigenvalue weighted by molar-refractivity contribution is 5.96. The number of amides is 1. The average molecular weight is 512 g/mol. The van der Waals surface area contributed by atoms with E-state index < -0.39 is 23.5 Å². The molecule has 1 amide bonds. The first-order chi connectivity index (χ1) is 18.3. The monoisotopic (exact) mass is 511 g/mol. The second-order valence-electron chi connectivity index (χ2n) is 8.94. The topological polar surface area (TPSA) is 164 Å². The number of nitrogens with two attached hydrogens (primary N) is 2. The fourth-order valence-electron chi connectivity index (χ4n) is 4.31. The van der Waals surface area contributed by atoms with Crippen LogP contribution in [0.15, 0.2) is 88.6 Å². The van der Waals surface area contributed by atoms with Crippen LogP contribution < -0.4 is 22.3 Å². The standard InChI is InChI=1S/C29H29N5O4/c30-29(31)32-15-5-10-25(28(37)38)34-27(36)24-14-13-22(33-26(24)35)17-20-8-3-4-9-23(20)21-12-11-18-6-1-2-7-19(18)16-21/h1-4,6-9,11-14,16,25H,5,10,15,17H2,(H,33,35)(H,34,36)(H,37,38)(H4,30,31,32)/t25-/m0/s1. The maximum atomic E-state index is 12.8. The number of rotatable bonds is 10. The Morgan fingerprint density at radius 1 is 0.947 bits per heavy atom. The van der Waals surface area contributed by atoms with Gasteiger partial charge in [-0.25, -0.2) is 4.79 Å². The third kappa shape index (κ3) is 6.44. The van der Waals surface area contributed by atoms with Crippen molar-refractivity contribution in [2.75, 3.05) is 6.54 Å². The third-order valence-electron chi connectivity index (χ3n) is 6.22. The van der Waals surface area contributed by atoms with Gasteiger partial charge in [-0.05, 0) is 58.5 Å². The number of aliphatic imine (C=N–C) groups is 1. The van der Waals surface area contributed by atoms with Crippen molar-refractivity contribution in [3.05, 3.63) is 106 Å². The lowest BCUT2D eigenvalue weighted by molar-refractivity contribution is -0.139. The number of carboxylic acids is 1. The second-order valence-corrected chi connectivity index (χ2v) is 8.94. The molecule has 0 aliphatic rings. The number of benzene rings is 3. The quantitative estimate of drug-likeness (QED) is 0.125. The minimum atomic E-state index is -1.21. The molecule has 3 aromatic carbocycles. The molecule has 0 aliphatic heterocycles. The number of pyridine rings is 1. The van der Waals surface area contributed by atoms with Gasteiger partial charge in [0.05, 0.1) is 0 Å². The molecule has 0 bridgehead atoms. The molecule has 1 atom stereocenters. The number of H-pyrrole nitrogens is 1. The van der Waals surface area contributed by atoms with Gasteiger partial charge in [0.2, 0.25) is 0 Å². The van der Waals surface area contributed by atoms with Gasteiger partial charge in [-0.3, -0.25) is 14.6 Å². The smallest absolute Gasteiger partial charge is 0.326 e. The van der Waals surface area contributed by atoms with Crippen LogP contribution in [0.3, 0.4) is 0 Å². The van der Waals surface area contributed by atoms with Gasteiger partial charge < -0.3 is 26.9 Å². The summed E-state index contributed by atoms with van der Waals surface area (Å²) in [5.41, 5.74) is 13.5. The summed E-state index contributed by atoms with van der Waals surface area (Å²) in [6, 6.07) is 24.3. The molecule has 0 spiro atoms. The SMILES string of the molecule is NC(N)=NCCC[C@H](NC(=O)c1ccc(Cc2ccccc2-c2ccc3ccccc3c2)[nH]c1=O)C(=O)O. The first kappa shape index (κ1) is 26.2. The molecule has 1 heterocycles. The Labute approximate surface area is 219 Å². The first-order valence-electron chi connectivity index (χ1n) is 12.2. The van der Waals surface area contributed by atoms with Crippen LogP contribution in [0, 0.1) is 0 Å². The molecule has 7 N–H and O–H groups in total. The van der Waals surface area contributed by atoms with Crippen LogP contribution >= 0.6 is 0 Å². The molecule has 0 radical (unpaired) electrons. The van der Waals surface area contributed by atoms with Crippen LogP contribution in [-0.4, -0.2) is 40.5 Å². The number of aromatic amines is 1. The van der Waals surface area contributed by atoms with Crippen molar-refractivity contribution in [3.63, 3.8) is 0 Å². The first-order valence-corrected chi connectivity index (χ1v) is 12.2. The summed E-state index contributed by atoms with van der Waals surface area (Å²) in [5, 5.41) is 14.2. The number of aromatic nitrogens is 1. The number of guanidine groups is 1. The number of aliphatic carboxylic acids is 1. The molecular formula is C29H29N5O4. The van der Waals surface area contributed by atoms with Crippen molar-refractivity contribution in [2.24, 2.45) is 16.5 Å². The van der Waals surface area contributed by atoms with E-state index in [1.807, 2.05) is 36.4 Å². The van der Waals surface area contributed by atoms with Gasteiger partial charge >= 0.3 is 5.97 Å². The molecule has 9 nitrogen and oxygen atoms in total. The minimum Gasteiger partial charge on any atom is -0.480 e. The van der Waals surface area contributed by atoms with Crippen molar-refractivity contribution in [1.29, 1.82) is 0 Å². The van der Waals surface area contributed by atoms with E-state index in [-0.39, 0.29) is 24.5 Å². The zero-order valence-corrected chi connectivity index (χ0v) is 20.7. The Morgan fingerprint density at radius 2 is 1.68 bits per heavy atom. The van der Waals surface area contributed by atoms with E-state index in [4.69, 9.17) is 11.5 Å². The molecular weight excluding hydrogens is 482 g/mol. The fraction of sp³-hybridized carbons (Fsp3) is 0.172. The Morgan fingerprint density at radius 3 is 2.42 bits per heavy atom. The lowest BCUT2D eigenvalue weighted by Crippen LogP contribution is -2.42. The van der Waals surface area contributed by atoms with E-state index >= 15 is 0 Å². The molecule has 0 unspecified atom stereocenters. The van der Waals surface area contributed by atoms with Gasteiger partial charge in [0.25, 0.3) is 11.5 Å². The fourth-order valence-corrected chi connectivity index (χ4v) is 4.31. The molecule has 38 heavy (non-hydrogen) atoms. The van der Waals surface area contributed by atoms with Crippen molar-refractivity contribution in [1.82, 2.24) is 10.3 Å². The number of hydrogen-bond acceptors (Lipinski definition) is 4. The predicted octanol–water partition coefficient (Wildman–Crippen LogP) is 3.02. The Bertz CT molecular complexity index is 1560. The highest BCUT2D eigenvalue weighted by Gasteiger charge is 2.22. The highest BCUT2D eigenvalue weighted by Crippen LogP contribution is 2.28. The molecule has 0 saturated carbocycles. The zero-order valence-electron chi connectivity index (χ0n) is 20.7. The van der Waals surface area contributed by atoms with Crippen LogP contribution in [0.25, 0.3) is 21.9 Å². The highest BCUT2D eigenvalue weighted by atomic mass is 16.4. The molecule has 4 aromatic rings. The molecule has 0 fully saturated rings. The number of nitrogens with one attached hydrogen (secondary N) is 2. The van der Waals surface area contributed by atoms with Gasteiger partial charge in [0.15, 0.2) is 5.96 Å². The minimum absolute atomic E-state index is 0.0904. The van der Waals surface area contributed by atoms with Crippen LogP contribution in [0.2, 0.25) is 0 Å². The van der Waals surface area contributed by atoms with E-state index in [1.165, 1.54) is 6.07 Å². The van der Waals surface area contributed by atoms with Crippen molar-refractivity contribution in [2.45, 2.75) is 25.3 Å². The van der Waals surface area contributed by atoms with Gasteiger partial charge in [-0.15, -0.1) is 0 Å². The average Bonchev–Trinajstić information content (AvgIpc) is 2.90. The lowest BCUT2D eigenvalue weighted by atomic mass is 9.94. The van der Waals surface area contributed by atoms with E-state index in [1.54, 1.807) is 6.07 Å².